The first-order valence-corrected chi connectivity index (χ1v) is 9.37. The quantitative estimate of drug-likeness (QED) is 0.795. The van der Waals surface area contributed by atoms with Crippen molar-refractivity contribution in [3.63, 3.8) is 0 Å². The average molecular weight is 384 g/mol. The second-order valence-corrected chi connectivity index (χ2v) is 7.51. The summed E-state index contributed by atoms with van der Waals surface area (Å²) in [6.45, 7) is -0.658. The summed E-state index contributed by atoms with van der Waals surface area (Å²) in [5.74, 6) is -2.14. The molecule has 2 aromatic rings. The fourth-order valence-electron chi connectivity index (χ4n) is 2.18. The third-order valence-corrected chi connectivity index (χ3v) is 4.73. The van der Waals surface area contributed by atoms with Crippen LogP contribution >= 0.6 is 0 Å². The van der Waals surface area contributed by atoms with Gasteiger partial charge >= 0.3 is 0 Å². The lowest BCUT2D eigenvalue weighted by Crippen LogP contribution is -2.37. The number of anilines is 1. The number of hydrogen-bond donors (Lipinski definition) is 1. The molecule has 2 rings (SSSR count). The Kier molecular flexibility index (Phi) is 6.27. The largest absolute Gasteiger partial charge is 0.497 e. The second-order valence-electron chi connectivity index (χ2n) is 5.52. The number of nitrogens with one attached hydrogen (secondary N) is 1. The first kappa shape index (κ1) is 19.8. The fourth-order valence-corrected chi connectivity index (χ4v) is 2.92. The summed E-state index contributed by atoms with van der Waals surface area (Å²) in [4.78, 5) is 12.1. The molecule has 9 heteroatoms. The molecular weight excluding hydrogens is 366 g/mol. The number of sulfonamides is 1. The van der Waals surface area contributed by atoms with E-state index in [9.17, 15) is 22.0 Å². The highest BCUT2D eigenvalue weighted by atomic mass is 32.2. The van der Waals surface area contributed by atoms with Gasteiger partial charge in [-0.25, -0.2) is 17.2 Å². The van der Waals surface area contributed by atoms with Gasteiger partial charge in [0.1, 0.15) is 23.1 Å². The van der Waals surface area contributed by atoms with Crippen LogP contribution in [-0.4, -0.2) is 38.5 Å². The van der Waals surface area contributed by atoms with Gasteiger partial charge in [-0.1, -0.05) is 18.2 Å². The molecule has 0 fully saturated rings. The Morgan fingerprint density at radius 2 is 1.69 bits per heavy atom. The molecule has 0 aliphatic heterocycles. The molecule has 0 atom stereocenters. The van der Waals surface area contributed by atoms with E-state index in [1.165, 1.54) is 7.11 Å². The smallest absolute Gasteiger partial charge is 0.239 e. The van der Waals surface area contributed by atoms with Crippen LogP contribution in [0.2, 0.25) is 0 Å². The SMILES string of the molecule is COc1ccc(CN(CC(=O)Nc2c(F)cccc2F)S(C)(=O)=O)cc1. The predicted octanol–water partition coefficient (Wildman–Crippen LogP) is 2.37. The molecule has 1 amide bonds. The van der Waals surface area contributed by atoms with E-state index in [1.54, 1.807) is 24.3 Å². The van der Waals surface area contributed by atoms with Crippen LogP contribution in [0.4, 0.5) is 14.5 Å². The summed E-state index contributed by atoms with van der Waals surface area (Å²) in [6.07, 6.45) is 0.952. The Balaban J connectivity index is 2.13. The van der Waals surface area contributed by atoms with Gasteiger partial charge in [-0.05, 0) is 29.8 Å². The average Bonchev–Trinajstić information content (AvgIpc) is 2.57. The highest BCUT2D eigenvalue weighted by Crippen LogP contribution is 2.19. The van der Waals surface area contributed by atoms with Crippen molar-refractivity contribution in [3.8, 4) is 5.75 Å². The molecule has 0 saturated heterocycles. The van der Waals surface area contributed by atoms with Crippen molar-refractivity contribution < 1.29 is 26.7 Å². The topological polar surface area (TPSA) is 75.7 Å². The van der Waals surface area contributed by atoms with Crippen molar-refractivity contribution >= 4 is 21.6 Å². The van der Waals surface area contributed by atoms with E-state index in [0.717, 1.165) is 28.8 Å². The van der Waals surface area contributed by atoms with Gasteiger partial charge in [-0.3, -0.25) is 4.79 Å². The maximum absolute atomic E-state index is 13.6. The zero-order valence-electron chi connectivity index (χ0n) is 14.2. The van der Waals surface area contributed by atoms with E-state index in [0.29, 0.717) is 11.3 Å². The lowest BCUT2D eigenvalue weighted by Gasteiger charge is -2.20. The molecule has 2 aromatic carbocycles. The number of amides is 1. The lowest BCUT2D eigenvalue weighted by atomic mass is 10.2. The molecule has 6 nitrogen and oxygen atoms in total. The standard InChI is InChI=1S/C17H18F2N2O4S/c1-25-13-8-6-12(7-9-13)10-21(26(2,23)24)11-16(22)20-17-14(18)4-3-5-15(17)19/h3-9H,10-11H2,1-2H3,(H,20,22). The summed E-state index contributed by atoms with van der Waals surface area (Å²) in [7, 11) is -2.23. The Labute approximate surface area is 150 Å². The van der Waals surface area contributed by atoms with E-state index in [-0.39, 0.29) is 6.54 Å². The number of rotatable bonds is 7. The molecule has 0 radical (unpaired) electrons. The first-order chi connectivity index (χ1) is 12.2. The third kappa shape index (κ3) is 5.24. The van der Waals surface area contributed by atoms with Crippen LogP contribution in [0, 0.1) is 11.6 Å². The van der Waals surface area contributed by atoms with Crippen molar-refractivity contribution in [2.45, 2.75) is 6.54 Å². The number of nitrogens with zero attached hydrogens (tertiary/aromatic N) is 1. The van der Waals surface area contributed by atoms with E-state index < -0.39 is 39.8 Å². The number of hydrogen-bond acceptors (Lipinski definition) is 4. The predicted molar refractivity (Wildman–Crippen MR) is 93.2 cm³/mol. The van der Waals surface area contributed by atoms with Crippen molar-refractivity contribution in [2.75, 3.05) is 25.2 Å². The normalized spacial score (nSPS) is 11.4. The number of benzene rings is 2. The van der Waals surface area contributed by atoms with Crippen molar-refractivity contribution in [3.05, 3.63) is 59.7 Å². The molecule has 0 aliphatic rings. The van der Waals surface area contributed by atoms with Crippen LogP contribution in [0.5, 0.6) is 5.75 Å². The highest BCUT2D eigenvalue weighted by Gasteiger charge is 2.22. The van der Waals surface area contributed by atoms with Crippen molar-refractivity contribution in [1.29, 1.82) is 0 Å². The zero-order chi connectivity index (χ0) is 19.3. The van der Waals surface area contributed by atoms with Crippen LogP contribution in [0.1, 0.15) is 5.56 Å². The summed E-state index contributed by atoms with van der Waals surface area (Å²) in [6, 6.07) is 9.77. The number of halogens is 2. The Hall–Kier alpha value is -2.52. The Bertz CT molecular complexity index is 866. The minimum absolute atomic E-state index is 0.0734. The van der Waals surface area contributed by atoms with Crippen molar-refractivity contribution in [1.82, 2.24) is 4.31 Å². The highest BCUT2D eigenvalue weighted by molar-refractivity contribution is 7.88. The van der Waals surface area contributed by atoms with E-state index in [2.05, 4.69) is 5.32 Å². The molecule has 0 unspecified atom stereocenters. The van der Waals surface area contributed by atoms with Gasteiger partial charge < -0.3 is 10.1 Å². The maximum Gasteiger partial charge on any atom is 0.239 e. The first-order valence-electron chi connectivity index (χ1n) is 7.52. The van der Waals surface area contributed by atoms with Gasteiger partial charge in [-0.15, -0.1) is 0 Å². The van der Waals surface area contributed by atoms with E-state index in [4.69, 9.17) is 4.74 Å². The second kappa shape index (κ2) is 8.24. The van der Waals surface area contributed by atoms with Gasteiger partial charge in [0.15, 0.2) is 0 Å². The Morgan fingerprint density at radius 1 is 1.12 bits per heavy atom. The van der Waals surface area contributed by atoms with Gasteiger partial charge in [-0.2, -0.15) is 4.31 Å². The van der Waals surface area contributed by atoms with Crippen LogP contribution in [-0.2, 0) is 21.4 Å². The van der Waals surface area contributed by atoms with E-state index >= 15 is 0 Å². The fraction of sp³-hybridized carbons (Fsp3) is 0.235. The van der Waals surface area contributed by atoms with Gasteiger partial charge in [0.05, 0.1) is 19.9 Å². The molecule has 0 spiro atoms. The zero-order valence-corrected chi connectivity index (χ0v) is 15.0. The van der Waals surface area contributed by atoms with Crippen LogP contribution in [0.25, 0.3) is 0 Å². The Morgan fingerprint density at radius 3 is 2.19 bits per heavy atom. The number of methoxy groups -OCH3 is 1. The van der Waals surface area contributed by atoms with Gasteiger partial charge in [0.25, 0.3) is 0 Å². The molecular formula is C17H18F2N2O4S. The summed E-state index contributed by atoms with van der Waals surface area (Å²) >= 11 is 0. The summed E-state index contributed by atoms with van der Waals surface area (Å²) in [5.41, 5.74) is 0.0106. The number of carbonyl (C=O) groups is 1. The van der Waals surface area contributed by atoms with Crippen LogP contribution in [0.15, 0.2) is 42.5 Å². The molecule has 0 bridgehead atoms. The molecule has 0 heterocycles. The molecule has 1 N–H and O–H groups in total. The number of para-hydroxylation sites is 1. The van der Waals surface area contributed by atoms with Crippen molar-refractivity contribution in [2.24, 2.45) is 0 Å². The monoisotopic (exact) mass is 384 g/mol. The summed E-state index contributed by atoms with van der Waals surface area (Å²) < 4.78 is 57.0. The molecule has 26 heavy (non-hydrogen) atoms. The number of carbonyl (C=O) groups excluding carboxylic acids is 1. The summed E-state index contributed by atoms with van der Waals surface area (Å²) in [5, 5.41) is 2.07. The molecule has 0 aromatic heterocycles. The minimum atomic E-state index is -3.73. The van der Waals surface area contributed by atoms with Gasteiger partial charge in [0, 0.05) is 6.54 Å². The van der Waals surface area contributed by atoms with E-state index in [1.807, 2.05) is 0 Å². The van der Waals surface area contributed by atoms with Crippen LogP contribution in [0.3, 0.4) is 0 Å². The molecule has 0 saturated carbocycles. The molecule has 140 valence electrons. The lowest BCUT2D eigenvalue weighted by molar-refractivity contribution is -0.116. The number of ether oxygens (including phenoxy) is 1. The minimum Gasteiger partial charge on any atom is -0.497 e. The third-order valence-electron chi connectivity index (χ3n) is 3.53. The maximum atomic E-state index is 13.6. The van der Waals surface area contributed by atoms with Crippen LogP contribution < -0.4 is 10.1 Å². The molecule has 0 aliphatic carbocycles. The van der Waals surface area contributed by atoms with Gasteiger partial charge in [0.2, 0.25) is 15.9 Å².